The van der Waals surface area contributed by atoms with Crippen LogP contribution in [0, 0.1) is 11.6 Å². The van der Waals surface area contributed by atoms with Crippen LogP contribution in [-0.4, -0.2) is 81.1 Å². The molecule has 8 rings (SSSR count). The van der Waals surface area contributed by atoms with E-state index in [1.165, 1.54) is 17.2 Å². The van der Waals surface area contributed by atoms with Crippen molar-refractivity contribution in [2.24, 2.45) is 0 Å². The fraction of sp³-hybridized carbons (Fsp3) is 0.394. The lowest BCUT2D eigenvalue weighted by molar-refractivity contribution is -0.130. The Hall–Kier alpha value is -3.96. The number of carbonyl (C=O) groups is 1. The Balaban J connectivity index is 1.24. The number of carbonyl (C=O) groups excluding carboxylic acids is 1. The molecule has 4 aromatic rings. The number of fused-ring (bicyclic) bond motifs is 4. The molecule has 0 unspecified atom stereocenters. The van der Waals surface area contributed by atoms with Gasteiger partial charge in [-0.3, -0.25) is 14.7 Å². The Kier molecular flexibility index (Phi) is 6.69. The summed E-state index contributed by atoms with van der Waals surface area (Å²) >= 11 is 6.52. The molecule has 45 heavy (non-hydrogen) atoms. The molecule has 1 amide bonds. The number of pyridine rings is 1. The molecule has 2 aromatic heterocycles. The molecular formula is C33H30ClF3N6O2. The number of halogens is 4. The molecule has 4 aliphatic heterocycles. The molecule has 4 saturated heterocycles. The average molecular weight is 635 g/mol. The standard InChI is InChI=1S/C33H30ClF3N6O2/c1-18(35)31(44)42-12-7-24-25(42)16-43(24)30-20-13-23(36)27(21-15-38-14-19-5-2-6-22(34)26(19)21)28(37)29(20)39-32(40-30)45-17-33-8-3-10-41(33)11-4-9-33/h2,5-6,13-15,24-25H,1,3-4,7-12,16-17H2/t24-,25+/m0/s1. The van der Waals surface area contributed by atoms with Gasteiger partial charge in [0, 0.05) is 52.2 Å². The molecule has 0 spiro atoms. The number of benzene rings is 2. The van der Waals surface area contributed by atoms with Crippen LogP contribution in [0.1, 0.15) is 32.1 Å². The van der Waals surface area contributed by atoms with Crippen LogP contribution in [0.15, 0.2) is 49.1 Å². The van der Waals surface area contributed by atoms with Crippen LogP contribution < -0.4 is 9.64 Å². The second-order valence-corrected chi connectivity index (χ2v) is 12.9. The van der Waals surface area contributed by atoms with Gasteiger partial charge in [0.1, 0.15) is 23.8 Å². The summed E-state index contributed by atoms with van der Waals surface area (Å²) < 4.78 is 52.8. The van der Waals surface area contributed by atoms with Gasteiger partial charge < -0.3 is 14.5 Å². The molecule has 0 aliphatic carbocycles. The predicted molar refractivity (Wildman–Crippen MR) is 165 cm³/mol. The zero-order valence-corrected chi connectivity index (χ0v) is 25.2. The minimum atomic E-state index is -1.01. The van der Waals surface area contributed by atoms with Gasteiger partial charge in [0.25, 0.3) is 5.91 Å². The van der Waals surface area contributed by atoms with Crippen molar-refractivity contribution >= 4 is 45.0 Å². The summed E-state index contributed by atoms with van der Waals surface area (Å²) in [7, 11) is 0. The first-order chi connectivity index (χ1) is 21.8. The van der Waals surface area contributed by atoms with Crippen LogP contribution in [0.25, 0.3) is 32.8 Å². The monoisotopic (exact) mass is 634 g/mol. The van der Waals surface area contributed by atoms with Crippen LogP contribution >= 0.6 is 11.6 Å². The normalized spacial score (nSPS) is 22.1. The van der Waals surface area contributed by atoms with Gasteiger partial charge in [0.05, 0.1) is 23.2 Å². The fourth-order valence-electron chi connectivity index (χ4n) is 8.00. The first-order valence-corrected chi connectivity index (χ1v) is 15.7. The highest BCUT2D eigenvalue weighted by atomic mass is 35.5. The first-order valence-electron chi connectivity index (χ1n) is 15.3. The largest absolute Gasteiger partial charge is 0.461 e. The molecule has 0 radical (unpaired) electrons. The lowest BCUT2D eigenvalue weighted by Crippen LogP contribution is -2.63. The van der Waals surface area contributed by atoms with Crippen LogP contribution in [0.3, 0.4) is 0 Å². The summed E-state index contributed by atoms with van der Waals surface area (Å²) in [5.41, 5.74) is -0.265. The second-order valence-electron chi connectivity index (χ2n) is 12.5. The second kappa shape index (κ2) is 10.6. The minimum absolute atomic E-state index is 0.00248. The van der Waals surface area contributed by atoms with Crippen molar-refractivity contribution in [3.8, 4) is 17.1 Å². The zero-order chi connectivity index (χ0) is 31.0. The Morgan fingerprint density at radius 3 is 2.69 bits per heavy atom. The van der Waals surface area contributed by atoms with Crippen molar-refractivity contribution < 1.29 is 22.7 Å². The third kappa shape index (κ3) is 4.38. The van der Waals surface area contributed by atoms with Gasteiger partial charge in [-0.15, -0.1) is 0 Å². The lowest BCUT2D eigenvalue weighted by atomic mass is 9.95. The van der Waals surface area contributed by atoms with Gasteiger partial charge in [0.2, 0.25) is 0 Å². The van der Waals surface area contributed by atoms with Gasteiger partial charge >= 0.3 is 6.01 Å². The molecule has 232 valence electrons. The number of aromatic nitrogens is 3. The summed E-state index contributed by atoms with van der Waals surface area (Å²) in [6.45, 7) is 6.22. The maximum atomic E-state index is 16.7. The Bertz CT molecular complexity index is 1890. The van der Waals surface area contributed by atoms with Gasteiger partial charge in [-0.05, 0) is 57.3 Å². The third-order valence-corrected chi connectivity index (χ3v) is 10.5. The highest BCUT2D eigenvalue weighted by molar-refractivity contribution is 6.36. The Morgan fingerprint density at radius 1 is 1.11 bits per heavy atom. The molecule has 0 N–H and O–H groups in total. The van der Waals surface area contributed by atoms with E-state index in [0.717, 1.165) is 38.8 Å². The van der Waals surface area contributed by atoms with E-state index in [1.807, 2.05) is 4.90 Å². The number of likely N-dealkylation sites (tertiary alicyclic amines) is 1. The molecule has 0 saturated carbocycles. The van der Waals surface area contributed by atoms with Crippen molar-refractivity contribution in [2.75, 3.05) is 37.7 Å². The van der Waals surface area contributed by atoms with Crippen molar-refractivity contribution in [1.29, 1.82) is 0 Å². The number of ether oxygens (including phenoxy) is 1. The molecule has 2 aromatic carbocycles. The molecule has 6 heterocycles. The topological polar surface area (TPSA) is 74.7 Å². The summed E-state index contributed by atoms with van der Waals surface area (Å²) in [5.74, 6) is -3.12. The summed E-state index contributed by atoms with van der Waals surface area (Å²) in [6, 6.07) is 5.98. The molecular weight excluding hydrogens is 605 g/mol. The summed E-state index contributed by atoms with van der Waals surface area (Å²) in [6.07, 6.45) is 7.73. The zero-order valence-electron chi connectivity index (χ0n) is 24.4. The smallest absolute Gasteiger partial charge is 0.319 e. The van der Waals surface area contributed by atoms with Gasteiger partial charge in [-0.1, -0.05) is 30.3 Å². The maximum absolute atomic E-state index is 16.7. The van der Waals surface area contributed by atoms with Crippen LogP contribution in [0.4, 0.5) is 19.0 Å². The molecule has 4 fully saturated rings. The molecule has 12 heteroatoms. The maximum Gasteiger partial charge on any atom is 0.319 e. The van der Waals surface area contributed by atoms with E-state index in [1.54, 1.807) is 24.4 Å². The van der Waals surface area contributed by atoms with E-state index in [9.17, 15) is 9.18 Å². The van der Waals surface area contributed by atoms with Crippen LogP contribution in [-0.2, 0) is 4.79 Å². The van der Waals surface area contributed by atoms with Gasteiger partial charge in [0.15, 0.2) is 11.6 Å². The van der Waals surface area contributed by atoms with E-state index in [-0.39, 0.29) is 45.7 Å². The number of hydrogen-bond donors (Lipinski definition) is 0. The van der Waals surface area contributed by atoms with Crippen molar-refractivity contribution in [3.05, 3.63) is 65.7 Å². The summed E-state index contributed by atoms with van der Waals surface area (Å²) in [4.78, 5) is 31.7. The number of amides is 1. The molecule has 0 bridgehead atoms. The fourth-order valence-corrected chi connectivity index (χ4v) is 8.28. The Morgan fingerprint density at radius 2 is 1.91 bits per heavy atom. The highest BCUT2D eigenvalue weighted by Gasteiger charge is 2.50. The number of hydrogen-bond acceptors (Lipinski definition) is 7. The highest BCUT2D eigenvalue weighted by Crippen LogP contribution is 2.44. The number of nitrogens with zero attached hydrogens (tertiary/aromatic N) is 6. The molecule has 4 aliphatic rings. The third-order valence-electron chi connectivity index (χ3n) is 10.2. The van der Waals surface area contributed by atoms with Crippen molar-refractivity contribution in [2.45, 2.75) is 49.7 Å². The van der Waals surface area contributed by atoms with Crippen LogP contribution in [0.5, 0.6) is 6.01 Å². The predicted octanol–water partition coefficient (Wildman–Crippen LogP) is 6.06. The van der Waals surface area contributed by atoms with E-state index < -0.39 is 23.4 Å². The number of anilines is 1. The van der Waals surface area contributed by atoms with E-state index >= 15 is 8.78 Å². The van der Waals surface area contributed by atoms with Crippen molar-refractivity contribution in [3.63, 3.8) is 0 Å². The first kappa shape index (κ1) is 28.5. The van der Waals surface area contributed by atoms with Crippen molar-refractivity contribution in [1.82, 2.24) is 24.8 Å². The summed E-state index contributed by atoms with van der Waals surface area (Å²) in [5, 5.41) is 1.65. The molecule has 8 nitrogen and oxygen atoms in total. The van der Waals surface area contributed by atoms with Gasteiger partial charge in [-0.2, -0.15) is 9.97 Å². The van der Waals surface area contributed by atoms with Gasteiger partial charge in [-0.25, -0.2) is 13.2 Å². The quantitative estimate of drug-likeness (QED) is 0.239. The number of rotatable bonds is 6. The van der Waals surface area contributed by atoms with Crippen LogP contribution in [0.2, 0.25) is 5.02 Å². The van der Waals surface area contributed by atoms with E-state index in [4.69, 9.17) is 21.3 Å². The minimum Gasteiger partial charge on any atom is -0.461 e. The SMILES string of the molecule is C=C(F)C(=O)N1CC[C@H]2[C@H]1CN2c1nc(OCC23CCCN2CCC3)nc2c(F)c(-c3cncc4cccc(Cl)c34)c(F)cc12. The molecule has 2 atom stereocenters. The average Bonchev–Trinajstić information content (AvgIpc) is 3.69. The Labute approximate surface area is 262 Å². The van der Waals surface area contributed by atoms with E-state index in [0.29, 0.717) is 47.7 Å². The van der Waals surface area contributed by atoms with E-state index in [2.05, 4.69) is 21.4 Å². The lowest BCUT2D eigenvalue weighted by Gasteiger charge is -2.47.